The summed E-state index contributed by atoms with van der Waals surface area (Å²) in [4.78, 5) is 2.12. The highest BCUT2D eigenvalue weighted by Crippen LogP contribution is 2.13. The van der Waals surface area contributed by atoms with Crippen molar-refractivity contribution in [1.29, 1.82) is 0 Å². The molecule has 0 amide bonds. The zero-order valence-electron chi connectivity index (χ0n) is 10.8. The van der Waals surface area contributed by atoms with Gasteiger partial charge in [-0.05, 0) is 23.2 Å². The Morgan fingerprint density at radius 1 is 1.25 bits per heavy atom. The van der Waals surface area contributed by atoms with Crippen LogP contribution < -0.4 is 5.46 Å². The lowest BCUT2D eigenvalue weighted by Crippen LogP contribution is -2.34. The molecule has 0 bridgehead atoms. The number of aromatic nitrogens is 3. The van der Waals surface area contributed by atoms with Crippen molar-refractivity contribution >= 4 is 12.6 Å². The van der Waals surface area contributed by atoms with Crippen molar-refractivity contribution in [2.45, 2.75) is 19.6 Å². The summed E-state index contributed by atoms with van der Waals surface area (Å²) in [5.41, 5.74) is 0.876. The summed E-state index contributed by atoms with van der Waals surface area (Å²) >= 11 is 0. The topological polar surface area (TPSA) is 74.4 Å². The summed E-state index contributed by atoms with van der Waals surface area (Å²) < 4.78 is 15.5. The second kappa shape index (κ2) is 5.32. The van der Waals surface area contributed by atoms with Crippen molar-refractivity contribution < 1.29 is 14.4 Å². The molecule has 1 aliphatic heterocycles. The number of benzene rings is 1. The second-order valence-electron chi connectivity index (χ2n) is 4.92. The Labute approximate surface area is 115 Å². The summed E-state index contributed by atoms with van der Waals surface area (Å²) in [6.45, 7) is 2.80. The molecule has 1 aromatic carbocycles. The monoisotopic (exact) mass is 276 g/mol. The normalized spacial score (nSPS) is 15.2. The van der Waals surface area contributed by atoms with E-state index in [1.807, 2.05) is 4.57 Å². The maximum absolute atomic E-state index is 13.5. The van der Waals surface area contributed by atoms with Crippen LogP contribution in [0, 0.1) is 5.82 Å². The summed E-state index contributed by atoms with van der Waals surface area (Å²) in [5, 5.41) is 26.2. The Hall–Kier alpha value is -1.77. The fourth-order valence-electron chi connectivity index (χ4n) is 2.43. The van der Waals surface area contributed by atoms with E-state index >= 15 is 0 Å². The second-order valence-corrected chi connectivity index (χ2v) is 4.92. The molecule has 0 radical (unpaired) electrons. The third-order valence-corrected chi connectivity index (χ3v) is 3.40. The van der Waals surface area contributed by atoms with E-state index in [4.69, 9.17) is 10.0 Å². The van der Waals surface area contributed by atoms with Crippen LogP contribution in [0.5, 0.6) is 0 Å². The fourth-order valence-corrected chi connectivity index (χ4v) is 2.43. The lowest BCUT2D eigenvalue weighted by atomic mass is 9.79. The van der Waals surface area contributed by atoms with Crippen LogP contribution in [-0.2, 0) is 19.6 Å². The highest BCUT2D eigenvalue weighted by atomic mass is 19.1. The minimum Gasteiger partial charge on any atom is -0.423 e. The first-order valence-corrected chi connectivity index (χ1v) is 6.36. The van der Waals surface area contributed by atoms with Crippen LogP contribution in [0.3, 0.4) is 0 Å². The molecule has 2 heterocycles. The van der Waals surface area contributed by atoms with Gasteiger partial charge in [-0.25, -0.2) is 4.39 Å². The van der Waals surface area contributed by atoms with E-state index in [1.165, 1.54) is 6.07 Å². The standard InChI is InChI=1S/C12H14BFN4O2/c14-11-4-9(3-10(5-11)13(19)20)6-17-1-2-18-8-15-16-12(18)7-17/h3-5,8,19-20H,1-2,6-7H2. The number of halogens is 1. The van der Waals surface area contributed by atoms with Crippen molar-refractivity contribution in [2.75, 3.05) is 6.54 Å². The van der Waals surface area contributed by atoms with Gasteiger partial charge in [-0.15, -0.1) is 10.2 Å². The number of hydrogen-bond donors (Lipinski definition) is 2. The molecule has 0 aliphatic carbocycles. The van der Waals surface area contributed by atoms with Crippen molar-refractivity contribution in [3.63, 3.8) is 0 Å². The summed E-state index contributed by atoms with van der Waals surface area (Å²) in [6.07, 6.45) is 1.70. The molecule has 2 N–H and O–H groups in total. The molecule has 8 heteroatoms. The molecule has 0 saturated carbocycles. The molecular formula is C12H14BFN4O2. The van der Waals surface area contributed by atoms with Crippen LogP contribution in [0.2, 0.25) is 0 Å². The van der Waals surface area contributed by atoms with Crippen LogP contribution >= 0.6 is 0 Å². The van der Waals surface area contributed by atoms with Gasteiger partial charge < -0.3 is 14.6 Å². The highest BCUT2D eigenvalue weighted by Gasteiger charge is 2.19. The van der Waals surface area contributed by atoms with Crippen LogP contribution in [0.15, 0.2) is 24.5 Å². The van der Waals surface area contributed by atoms with E-state index in [1.54, 1.807) is 12.4 Å². The molecule has 1 aromatic heterocycles. The molecule has 2 aromatic rings. The summed E-state index contributed by atoms with van der Waals surface area (Å²) in [5.74, 6) is 0.417. The zero-order chi connectivity index (χ0) is 14.1. The summed E-state index contributed by atoms with van der Waals surface area (Å²) in [7, 11) is -1.66. The smallest absolute Gasteiger partial charge is 0.423 e. The zero-order valence-corrected chi connectivity index (χ0v) is 10.8. The highest BCUT2D eigenvalue weighted by molar-refractivity contribution is 6.58. The first kappa shape index (κ1) is 13.2. The average molecular weight is 276 g/mol. The van der Waals surface area contributed by atoms with Gasteiger partial charge in [0.1, 0.15) is 18.0 Å². The molecule has 104 valence electrons. The minimum absolute atomic E-state index is 0.167. The predicted octanol–water partition coefficient (Wildman–Crippen LogP) is -0.887. The molecule has 1 aliphatic rings. The van der Waals surface area contributed by atoms with Gasteiger partial charge >= 0.3 is 7.12 Å². The van der Waals surface area contributed by atoms with Crippen LogP contribution in [0.25, 0.3) is 0 Å². The Balaban J connectivity index is 1.75. The molecular weight excluding hydrogens is 262 g/mol. The molecule has 0 spiro atoms. The van der Waals surface area contributed by atoms with Crippen molar-refractivity contribution in [3.05, 3.63) is 41.7 Å². The van der Waals surface area contributed by atoms with Crippen LogP contribution in [0.4, 0.5) is 4.39 Å². The van der Waals surface area contributed by atoms with Gasteiger partial charge in [-0.2, -0.15) is 0 Å². The molecule has 0 unspecified atom stereocenters. The number of fused-ring (bicyclic) bond motifs is 1. The first-order chi connectivity index (χ1) is 9.61. The van der Waals surface area contributed by atoms with E-state index in [9.17, 15) is 4.39 Å². The van der Waals surface area contributed by atoms with E-state index in [2.05, 4.69) is 15.1 Å². The van der Waals surface area contributed by atoms with E-state index in [-0.39, 0.29) is 5.46 Å². The van der Waals surface area contributed by atoms with Gasteiger partial charge in [0, 0.05) is 19.6 Å². The lowest BCUT2D eigenvalue weighted by Gasteiger charge is -2.27. The first-order valence-electron chi connectivity index (χ1n) is 6.36. The van der Waals surface area contributed by atoms with Crippen molar-refractivity contribution in [1.82, 2.24) is 19.7 Å². The minimum atomic E-state index is -1.66. The van der Waals surface area contributed by atoms with E-state index < -0.39 is 12.9 Å². The largest absolute Gasteiger partial charge is 0.488 e. The Bertz CT molecular complexity index is 619. The Morgan fingerprint density at radius 3 is 2.90 bits per heavy atom. The van der Waals surface area contributed by atoms with Gasteiger partial charge in [0.05, 0.1) is 6.54 Å². The maximum Gasteiger partial charge on any atom is 0.488 e. The molecule has 20 heavy (non-hydrogen) atoms. The van der Waals surface area contributed by atoms with Gasteiger partial charge in [0.2, 0.25) is 0 Å². The summed E-state index contributed by atoms with van der Waals surface area (Å²) in [6, 6.07) is 4.14. The third kappa shape index (κ3) is 2.72. The average Bonchev–Trinajstić information content (AvgIpc) is 2.85. The number of hydrogen-bond acceptors (Lipinski definition) is 5. The van der Waals surface area contributed by atoms with Crippen molar-refractivity contribution in [2.24, 2.45) is 0 Å². The van der Waals surface area contributed by atoms with Gasteiger partial charge in [-0.3, -0.25) is 4.90 Å². The van der Waals surface area contributed by atoms with Crippen LogP contribution in [-0.4, -0.2) is 43.4 Å². The molecule has 6 nitrogen and oxygen atoms in total. The fraction of sp³-hybridized carbons (Fsp3) is 0.333. The number of nitrogens with zero attached hydrogens (tertiary/aromatic N) is 4. The predicted molar refractivity (Wildman–Crippen MR) is 70.4 cm³/mol. The van der Waals surface area contributed by atoms with E-state index in [0.717, 1.165) is 25.0 Å². The van der Waals surface area contributed by atoms with E-state index in [0.29, 0.717) is 18.7 Å². The third-order valence-electron chi connectivity index (χ3n) is 3.40. The maximum atomic E-state index is 13.5. The van der Waals surface area contributed by atoms with Gasteiger partial charge in [-0.1, -0.05) is 6.07 Å². The quantitative estimate of drug-likeness (QED) is 0.712. The van der Waals surface area contributed by atoms with Gasteiger partial charge in [0.15, 0.2) is 0 Å². The van der Waals surface area contributed by atoms with Crippen molar-refractivity contribution in [3.8, 4) is 0 Å². The molecule has 0 atom stereocenters. The number of rotatable bonds is 3. The van der Waals surface area contributed by atoms with Crippen LogP contribution in [0.1, 0.15) is 11.4 Å². The Morgan fingerprint density at radius 2 is 2.10 bits per heavy atom. The molecule has 0 fully saturated rings. The lowest BCUT2D eigenvalue weighted by molar-refractivity contribution is 0.208. The molecule has 0 saturated heterocycles. The Kier molecular flexibility index (Phi) is 3.52. The SMILES string of the molecule is OB(O)c1cc(F)cc(CN2CCn3cnnc3C2)c1. The van der Waals surface area contributed by atoms with Gasteiger partial charge in [0.25, 0.3) is 0 Å². The molecule has 3 rings (SSSR count).